The molecule has 9 heteroatoms. The monoisotopic (exact) mass is 484 g/mol. The molecule has 35 heavy (non-hydrogen) atoms. The fourth-order valence-corrected chi connectivity index (χ4v) is 4.22. The summed E-state index contributed by atoms with van der Waals surface area (Å²) in [6.07, 6.45) is 0. The number of carbonyl (C=O) groups excluding carboxylic acids is 2. The first-order valence-electron chi connectivity index (χ1n) is 10.7. The number of hydrogen-bond acceptors (Lipinski definition) is 7. The molecule has 2 heterocycles. The minimum Gasteiger partial charge on any atom is -0.497 e. The van der Waals surface area contributed by atoms with Crippen molar-refractivity contribution in [1.29, 1.82) is 0 Å². The summed E-state index contributed by atoms with van der Waals surface area (Å²) in [6, 6.07) is 22.2. The van der Waals surface area contributed by atoms with E-state index < -0.39 is 18.5 Å². The van der Waals surface area contributed by atoms with Crippen molar-refractivity contribution < 1.29 is 19.1 Å². The molecule has 0 saturated carbocycles. The van der Waals surface area contributed by atoms with E-state index in [0.717, 1.165) is 22.4 Å². The normalized spacial score (nSPS) is 10.8. The maximum absolute atomic E-state index is 12.5. The van der Waals surface area contributed by atoms with E-state index in [0.29, 0.717) is 27.7 Å². The van der Waals surface area contributed by atoms with Gasteiger partial charge in [-0.25, -0.2) is 14.8 Å². The van der Waals surface area contributed by atoms with Gasteiger partial charge in [0.15, 0.2) is 11.7 Å². The molecule has 0 atom stereocenters. The largest absolute Gasteiger partial charge is 0.497 e. The number of methoxy groups -OCH3 is 1. The van der Waals surface area contributed by atoms with Crippen molar-refractivity contribution in [2.75, 3.05) is 19.0 Å². The number of thiazole rings is 1. The van der Waals surface area contributed by atoms with Crippen molar-refractivity contribution in [2.45, 2.75) is 0 Å². The third-order valence-electron chi connectivity index (χ3n) is 5.22. The SMILES string of the molecule is COc1cccc(-c2csc(NC(=O)COC(=O)c3ccc4nc(-c5ccccc5)[nH]c4c3)n2)c1. The summed E-state index contributed by atoms with van der Waals surface area (Å²) < 4.78 is 10.4. The van der Waals surface area contributed by atoms with Crippen molar-refractivity contribution in [3.63, 3.8) is 0 Å². The first-order valence-corrected chi connectivity index (χ1v) is 11.6. The van der Waals surface area contributed by atoms with Crippen LogP contribution in [0.25, 0.3) is 33.7 Å². The number of benzene rings is 3. The van der Waals surface area contributed by atoms with Crippen LogP contribution >= 0.6 is 11.3 Å². The highest BCUT2D eigenvalue weighted by Gasteiger charge is 2.14. The van der Waals surface area contributed by atoms with E-state index in [1.165, 1.54) is 11.3 Å². The lowest BCUT2D eigenvalue weighted by Gasteiger charge is -2.05. The molecule has 5 rings (SSSR count). The Morgan fingerprint density at radius 2 is 1.80 bits per heavy atom. The Hall–Kier alpha value is -4.50. The number of H-pyrrole nitrogens is 1. The van der Waals surface area contributed by atoms with E-state index in [2.05, 4.69) is 20.3 Å². The summed E-state index contributed by atoms with van der Waals surface area (Å²) in [5.41, 5.74) is 4.29. The zero-order valence-electron chi connectivity index (χ0n) is 18.6. The topological polar surface area (TPSA) is 106 Å². The number of aromatic amines is 1. The average molecular weight is 485 g/mol. The Kier molecular flexibility index (Phi) is 6.23. The molecule has 0 spiro atoms. The number of nitrogens with one attached hydrogen (secondary N) is 2. The molecule has 3 aromatic carbocycles. The Morgan fingerprint density at radius 3 is 2.63 bits per heavy atom. The smallest absolute Gasteiger partial charge is 0.338 e. The van der Waals surface area contributed by atoms with Crippen LogP contribution in [0.1, 0.15) is 10.4 Å². The van der Waals surface area contributed by atoms with Gasteiger partial charge in [-0.15, -0.1) is 11.3 Å². The number of esters is 1. The van der Waals surface area contributed by atoms with Crippen LogP contribution in [0.15, 0.2) is 78.2 Å². The number of anilines is 1. The third-order valence-corrected chi connectivity index (χ3v) is 5.97. The maximum Gasteiger partial charge on any atom is 0.338 e. The molecular weight excluding hydrogens is 464 g/mol. The molecule has 0 unspecified atom stereocenters. The third kappa shape index (κ3) is 5.04. The summed E-state index contributed by atoms with van der Waals surface area (Å²) in [5.74, 6) is 0.354. The van der Waals surface area contributed by atoms with Crippen molar-refractivity contribution >= 4 is 39.4 Å². The van der Waals surface area contributed by atoms with Gasteiger partial charge >= 0.3 is 5.97 Å². The van der Waals surface area contributed by atoms with Gasteiger partial charge in [-0.3, -0.25) is 10.1 Å². The van der Waals surface area contributed by atoms with Crippen LogP contribution in [0.4, 0.5) is 5.13 Å². The molecule has 0 saturated heterocycles. The predicted molar refractivity (Wildman–Crippen MR) is 135 cm³/mol. The summed E-state index contributed by atoms with van der Waals surface area (Å²) in [6.45, 7) is -0.427. The van der Waals surface area contributed by atoms with Gasteiger partial charge in [-0.2, -0.15) is 0 Å². The van der Waals surface area contributed by atoms with E-state index in [1.54, 1.807) is 25.3 Å². The van der Waals surface area contributed by atoms with Crippen molar-refractivity contribution in [3.8, 4) is 28.4 Å². The highest BCUT2D eigenvalue weighted by atomic mass is 32.1. The second kappa shape index (κ2) is 9.78. The molecule has 0 fully saturated rings. The van der Waals surface area contributed by atoms with E-state index >= 15 is 0 Å². The lowest BCUT2D eigenvalue weighted by Crippen LogP contribution is -2.20. The molecule has 2 aromatic heterocycles. The molecule has 2 N–H and O–H groups in total. The quantitative estimate of drug-likeness (QED) is 0.309. The Bertz CT molecular complexity index is 1510. The highest BCUT2D eigenvalue weighted by molar-refractivity contribution is 7.14. The van der Waals surface area contributed by atoms with E-state index in [-0.39, 0.29) is 0 Å². The van der Waals surface area contributed by atoms with Gasteiger partial charge in [-0.05, 0) is 30.3 Å². The fraction of sp³-hybridized carbons (Fsp3) is 0.0769. The molecule has 5 aromatic rings. The summed E-state index contributed by atoms with van der Waals surface area (Å²) in [5, 5.41) is 4.91. The van der Waals surface area contributed by atoms with Gasteiger partial charge in [0, 0.05) is 16.5 Å². The van der Waals surface area contributed by atoms with Gasteiger partial charge in [0.2, 0.25) is 0 Å². The van der Waals surface area contributed by atoms with Crippen molar-refractivity contribution in [1.82, 2.24) is 15.0 Å². The van der Waals surface area contributed by atoms with Crippen LogP contribution in [-0.2, 0) is 9.53 Å². The molecule has 1 amide bonds. The number of nitrogens with zero attached hydrogens (tertiary/aromatic N) is 2. The van der Waals surface area contributed by atoms with Crippen molar-refractivity contribution in [2.24, 2.45) is 0 Å². The molecule has 0 aliphatic rings. The predicted octanol–water partition coefficient (Wildman–Crippen LogP) is 5.16. The summed E-state index contributed by atoms with van der Waals surface area (Å²) >= 11 is 1.28. The maximum atomic E-state index is 12.5. The van der Waals surface area contributed by atoms with Gasteiger partial charge in [0.1, 0.15) is 11.6 Å². The second-order valence-electron chi connectivity index (χ2n) is 7.58. The molecule has 0 aliphatic carbocycles. The summed E-state index contributed by atoms with van der Waals surface area (Å²) in [7, 11) is 1.60. The number of imidazole rings is 1. The molecule has 0 aliphatic heterocycles. The zero-order chi connectivity index (χ0) is 24.2. The molecule has 174 valence electrons. The van der Waals surface area contributed by atoms with E-state index in [4.69, 9.17) is 9.47 Å². The number of ether oxygens (including phenoxy) is 2. The molecule has 0 radical (unpaired) electrons. The standard InChI is InChI=1S/C26H20N4O4S/c1-33-19-9-5-8-17(12-19)22-15-35-26(29-22)30-23(31)14-34-25(32)18-10-11-20-21(13-18)28-24(27-20)16-6-3-2-4-7-16/h2-13,15H,14H2,1H3,(H,27,28)(H,29,30,31). The Morgan fingerprint density at radius 1 is 0.971 bits per heavy atom. The van der Waals surface area contributed by atoms with Crippen molar-refractivity contribution in [3.05, 3.63) is 83.7 Å². The van der Waals surface area contributed by atoms with Crippen LogP contribution in [0, 0.1) is 0 Å². The van der Waals surface area contributed by atoms with E-state index in [1.807, 2.05) is 60.0 Å². The Labute approximate surface area is 204 Å². The van der Waals surface area contributed by atoms with Gasteiger partial charge in [-0.1, -0.05) is 42.5 Å². The average Bonchev–Trinajstić information content (AvgIpc) is 3.54. The molecular formula is C26H20N4O4S. The fourth-order valence-electron chi connectivity index (χ4n) is 3.49. The van der Waals surface area contributed by atoms with Crippen LogP contribution in [-0.4, -0.2) is 40.5 Å². The highest BCUT2D eigenvalue weighted by Crippen LogP contribution is 2.27. The first kappa shape index (κ1) is 22.3. The minimum atomic E-state index is -0.603. The lowest BCUT2D eigenvalue weighted by molar-refractivity contribution is -0.119. The second-order valence-corrected chi connectivity index (χ2v) is 8.44. The van der Waals surface area contributed by atoms with Crippen LogP contribution in [0.3, 0.4) is 0 Å². The van der Waals surface area contributed by atoms with Crippen LogP contribution in [0.5, 0.6) is 5.75 Å². The lowest BCUT2D eigenvalue weighted by atomic mass is 10.2. The number of amides is 1. The van der Waals surface area contributed by atoms with Gasteiger partial charge in [0.05, 0.1) is 29.4 Å². The molecule has 8 nitrogen and oxygen atoms in total. The number of rotatable bonds is 7. The summed E-state index contributed by atoms with van der Waals surface area (Å²) in [4.78, 5) is 37.0. The zero-order valence-corrected chi connectivity index (χ0v) is 19.5. The van der Waals surface area contributed by atoms with Gasteiger partial charge in [0.25, 0.3) is 5.91 Å². The Balaban J connectivity index is 1.20. The van der Waals surface area contributed by atoms with Crippen LogP contribution in [0.2, 0.25) is 0 Å². The number of fused-ring (bicyclic) bond motifs is 1. The number of aromatic nitrogens is 3. The first-order chi connectivity index (χ1) is 17.1. The minimum absolute atomic E-state index is 0.322. The van der Waals surface area contributed by atoms with Gasteiger partial charge < -0.3 is 14.5 Å². The molecule has 0 bridgehead atoms. The van der Waals surface area contributed by atoms with E-state index in [9.17, 15) is 9.59 Å². The van der Waals surface area contributed by atoms with Crippen LogP contribution < -0.4 is 10.1 Å². The number of carbonyl (C=O) groups is 2. The number of hydrogen-bond donors (Lipinski definition) is 2.